The van der Waals surface area contributed by atoms with Gasteiger partial charge in [0.1, 0.15) is 0 Å². The second-order valence-electron chi connectivity index (χ2n) is 6.14. The topological polar surface area (TPSA) is 3.24 Å². The predicted octanol–water partition coefficient (Wildman–Crippen LogP) is 5.16. The van der Waals surface area contributed by atoms with Crippen molar-refractivity contribution in [3.05, 3.63) is 66.2 Å². The van der Waals surface area contributed by atoms with Gasteiger partial charge in [0.2, 0.25) is 0 Å². The van der Waals surface area contributed by atoms with Gasteiger partial charge in [-0.15, -0.1) is 24.2 Å². The van der Waals surface area contributed by atoms with Crippen LogP contribution >= 0.6 is 24.2 Å². The maximum absolute atomic E-state index is 2.64. The average molecular weight is 348 g/mol. The molecule has 23 heavy (non-hydrogen) atoms. The second kappa shape index (κ2) is 10.0. The molecule has 1 saturated heterocycles. The Labute approximate surface area is 150 Å². The maximum Gasteiger partial charge on any atom is 0.0108 e. The van der Waals surface area contributed by atoms with E-state index in [1.165, 1.54) is 55.1 Å². The van der Waals surface area contributed by atoms with Crippen molar-refractivity contribution >= 4 is 24.2 Å². The molecule has 0 aliphatic carbocycles. The Bertz CT molecular complexity index is 538. The SMILES string of the molecule is Cl.c1ccc(CC2CCN(CCSc3ccccc3)CC2)cc1. The molecule has 124 valence electrons. The zero-order valence-electron chi connectivity index (χ0n) is 13.6. The molecule has 0 unspecified atom stereocenters. The van der Waals surface area contributed by atoms with Crippen LogP contribution in [0.3, 0.4) is 0 Å². The van der Waals surface area contributed by atoms with Crippen molar-refractivity contribution in [1.82, 2.24) is 4.90 Å². The fourth-order valence-corrected chi connectivity index (χ4v) is 4.11. The monoisotopic (exact) mass is 347 g/mol. The normalized spacial score (nSPS) is 16.0. The van der Waals surface area contributed by atoms with E-state index in [2.05, 4.69) is 65.6 Å². The number of benzene rings is 2. The fourth-order valence-electron chi connectivity index (χ4n) is 3.17. The van der Waals surface area contributed by atoms with E-state index in [1.807, 2.05) is 11.8 Å². The van der Waals surface area contributed by atoms with Gasteiger partial charge in [0, 0.05) is 17.2 Å². The summed E-state index contributed by atoms with van der Waals surface area (Å²) in [6, 6.07) is 21.7. The van der Waals surface area contributed by atoms with E-state index in [4.69, 9.17) is 0 Å². The molecule has 0 amide bonds. The smallest absolute Gasteiger partial charge is 0.0108 e. The maximum atomic E-state index is 2.64. The third-order valence-electron chi connectivity index (χ3n) is 4.49. The number of halogens is 1. The number of piperidine rings is 1. The molecule has 3 heteroatoms. The van der Waals surface area contributed by atoms with Crippen LogP contribution in [0.5, 0.6) is 0 Å². The molecule has 0 bridgehead atoms. The van der Waals surface area contributed by atoms with Gasteiger partial charge in [-0.2, -0.15) is 0 Å². The molecule has 1 heterocycles. The zero-order chi connectivity index (χ0) is 15.0. The quantitative estimate of drug-likeness (QED) is 0.664. The number of hydrogen-bond acceptors (Lipinski definition) is 2. The number of nitrogens with zero attached hydrogens (tertiary/aromatic N) is 1. The van der Waals surface area contributed by atoms with Gasteiger partial charge < -0.3 is 4.90 Å². The molecular weight excluding hydrogens is 322 g/mol. The lowest BCUT2D eigenvalue weighted by Crippen LogP contribution is -2.35. The van der Waals surface area contributed by atoms with Crippen LogP contribution in [0, 0.1) is 5.92 Å². The van der Waals surface area contributed by atoms with Gasteiger partial charge in [0.05, 0.1) is 0 Å². The van der Waals surface area contributed by atoms with E-state index in [-0.39, 0.29) is 12.4 Å². The van der Waals surface area contributed by atoms with Crippen molar-refractivity contribution in [2.24, 2.45) is 5.92 Å². The number of thioether (sulfide) groups is 1. The molecule has 0 spiro atoms. The van der Waals surface area contributed by atoms with Crippen LogP contribution in [-0.2, 0) is 6.42 Å². The minimum absolute atomic E-state index is 0. The van der Waals surface area contributed by atoms with Crippen LogP contribution in [0.1, 0.15) is 18.4 Å². The van der Waals surface area contributed by atoms with Crippen LogP contribution in [0.2, 0.25) is 0 Å². The molecule has 1 nitrogen and oxygen atoms in total. The predicted molar refractivity (Wildman–Crippen MR) is 104 cm³/mol. The van der Waals surface area contributed by atoms with E-state index in [1.54, 1.807) is 0 Å². The van der Waals surface area contributed by atoms with Gasteiger partial charge in [-0.3, -0.25) is 0 Å². The van der Waals surface area contributed by atoms with Crippen molar-refractivity contribution in [2.45, 2.75) is 24.2 Å². The van der Waals surface area contributed by atoms with Crippen molar-refractivity contribution in [2.75, 3.05) is 25.4 Å². The number of rotatable bonds is 6. The summed E-state index contributed by atoms with van der Waals surface area (Å²) in [7, 11) is 0. The van der Waals surface area contributed by atoms with Gasteiger partial charge in [-0.1, -0.05) is 48.5 Å². The summed E-state index contributed by atoms with van der Waals surface area (Å²) < 4.78 is 0. The highest BCUT2D eigenvalue weighted by Gasteiger charge is 2.18. The lowest BCUT2D eigenvalue weighted by atomic mass is 9.90. The Morgan fingerprint density at radius 2 is 1.48 bits per heavy atom. The third kappa shape index (κ3) is 6.21. The van der Waals surface area contributed by atoms with Crippen LogP contribution in [0.4, 0.5) is 0 Å². The minimum Gasteiger partial charge on any atom is -0.302 e. The molecule has 1 aliphatic rings. The Morgan fingerprint density at radius 3 is 2.13 bits per heavy atom. The van der Waals surface area contributed by atoms with Crippen LogP contribution in [0.15, 0.2) is 65.6 Å². The summed E-state index contributed by atoms with van der Waals surface area (Å²) in [4.78, 5) is 4.03. The van der Waals surface area contributed by atoms with E-state index < -0.39 is 0 Å². The Hall–Kier alpha value is -0.960. The second-order valence-corrected chi connectivity index (χ2v) is 7.30. The number of hydrogen-bond donors (Lipinski definition) is 0. The standard InChI is InChI=1S/C20H25NS.ClH/c1-3-7-18(8-4-1)17-19-11-13-21(14-12-19)15-16-22-20-9-5-2-6-10-20;/h1-10,19H,11-17H2;1H. The summed E-state index contributed by atoms with van der Waals surface area (Å²) in [5.41, 5.74) is 1.50. The van der Waals surface area contributed by atoms with E-state index in [0.717, 1.165) is 5.92 Å². The molecular formula is C20H26ClNS. The van der Waals surface area contributed by atoms with Crippen molar-refractivity contribution in [1.29, 1.82) is 0 Å². The first-order chi connectivity index (χ1) is 10.9. The number of likely N-dealkylation sites (tertiary alicyclic amines) is 1. The third-order valence-corrected chi connectivity index (χ3v) is 5.49. The van der Waals surface area contributed by atoms with Gasteiger partial charge in [0.25, 0.3) is 0 Å². The van der Waals surface area contributed by atoms with Gasteiger partial charge in [-0.25, -0.2) is 0 Å². The van der Waals surface area contributed by atoms with Crippen LogP contribution in [-0.4, -0.2) is 30.3 Å². The van der Waals surface area contributed by atoms with E-state index >= 15 is 0 Å². The molecule has 3 rings (SSSR count). The highest BCUT2D eigenvalue weighted by atomic mass is 35.5. The Morgan fingerprint density at radius 1 is 0.870 bits per heavy atom. The van der Waals surface area contributed by atoms with Crippen molar-refractivity contribution in [3.63, 3.8) is 0 Å². The minimum atomic E-state index is 0. The Balaban J connectivity index is 0.00000192. The molecule has 2 aromatic carbocycles. The average Bonchev–Trinajstić information content (AvgIpc) is 2.58. The summed E-state index contributed by atoms with van der Waals surface area (Å²) >= 11 is 1.98. The molecule has 0 N–H and O–H groups in total. The molecule has 0 atom stereocenters. The first-order valence-electron chi connectivity index (χ1n) is 8.34. The van der Waals surface area contributed by atoms with Gasteiger partial charge in [-0.05, 0) is 56.0 Å². The largest absolute Gasteiger partial charge is 0.302 e. The summed E-state index contributed by atoms with van der Waals surface area (Å²) in [6.45, 7) is 3.76. The highest BCUT2D eigenvalue weighted by molar-refractivity contribution is 7.99. The fraction of sp³-hybridized carbons (Fsp3) is 0.400. The first-order valence-corrected chi connectivity index (χ1v) is 9.33. The van der Waals surface area contributed by atoms with E-state index in [0.29, 0.717) is 0 Å². The lowest BCUT2D eigenvalue weighted by Gasteiger charge is -2.31. The molecule has 0 saturated carbocycles. The molecule has 0 aromatic heterocycles. The lowest BCUT2D eigenvalue weighted by molar-refractivity contribution is 0.193. The van der Waals surface area contributed by atoms with Crippen molar-refractivity contribution < 1.29 is 0 Å². The molecule has 0 radical (unpaired) electrons. The summed E-state index contributed by atoms with van der Waals surface area (Å²) in [6.07, 6.45) is 3.96. The molecule has 1 aliphatic heterocycles. The summed E-state index contributed by atoms with van der Waals surface area (Å²) in [5, 5.41) is 0. The first kappa shape index (κ1) is 18.4. The van der Waals surface area contributed by atoms with Crippen molar-refractivity contribution in [3.8, 4) is 0 Å². The zero-order valence-corrected chi connectivity index (χ0v) is 15.2. The van der Waals surface area contributed by atoms with Crippen LogP contribution in [0.25, 0.3) is 0 Å². The van der Waals surface area contributed by atoms with Gasteiger partial charge >= 0.3 is 0 Å². The molecule has 1 fully saturated rings. The highest BCUT2D eigenvalue weighted by Crippen LogP contribution is 2.23. The Kier molecular flexibility index (Phi) is 8.01. The van der Waals surface area contributed by atoms with Crippen LogP contribution < -0.4 is 0 Å². The van der Waals surface area contributed by atoms with E-state index in [9.17, 15) is 0 Å². The summed E-state index contributed by atoms with van der Waals surface area (Å²) in [5.74, 6) is 2.08. The molecule has 2 aromatic rings. The van der Waals surface area contributed by atoms with Gasteiger partial charge in [0.15, 0.2) is 0 Å².